The highest BCUT2D eigenvalue weighted by molar-refractivity contribution is 5.82. The van der Waals surface area contributed by atoms with E-state index in [9.17, 15) is 0 Å². The average Bonchev–Trinajstić information content (AvgIpc) is 2.95. The van der Waals surface area contributed by atoms with Gasteiger partial charge < -0.3 is 5.73 Å². The number of nitrogens with zero attached hydrogens (tertiary/aromatic N) is 2. The molecule has 1 aromatic carbocycles. The van der Waals surface area contributed by atoms with E-state index < -0.39 is 0 Å². The molecule has 90 valence electrons. The van der Waals surface area contributed by atoms with Gasteiger partial charge in [0.15, 0.2) is 0 Å². The van der Waals surface area contributed by atoms with Crippen molar-refractivity contribution in [1.29, 1.82) is 0 Å². The predicted molar refractivity (Wildman–Crippen MR) is 70.0 cm³/mol. The van der Waals surface area contributed by atoms with Crippen LogP contribution in [0.2, 0.25) is 0 Å². The highest BCUT2D eigenvalue weighted by Crippen LogP contribution is 2.43. The Morgan fingerprint density at radius 3 is 2.65 bits per heavy atom. The van der Waals surface area contributed by atoms with Crippen molar-refractivity contribution >= 4 is 10.9 Å². The van der Waals surface area contributed by atoms with Crippen molar-refractivity contribution in [2.75, 3.05) is 0 Å². The van der Waals surface area contributed by atoms with E-state index in [1.807, 2.05) is 0 Å². The van der Waals surface area contributed by atoms with Crippen LogP contribution in [0.5, 0.6) is 0 Å². The molecule has 3 rings (SSSR count). The van der Waals surface area contributed by atoms with E-state index in [1.165, 1.54) is 16.6 Å². The van der Waals surface area contributed by atoms with E-state index in [4.69, 9.17) is 5.73 Å². The molecule has 3 nitrogen and oxygen atoms in total. The van der Waals surface area contributed by atoms with E-state index in [-0.39, 0.29) is 5.54 Å². The zero-order valence-corrected chi connectivity index (χ0v) is 10.7. The minimum absolute atomic E-state index is 0.0550. The van der Waals surface area contributed by atoms with Gasteiger partial charge in [-0.05, 0) is 51.3 Å². The lowest BCUT2D eigenvalue weighted by Crippen LogP contribution is -2.18. The largest absolute Gasteiger partial charge is 0.321 e. The zero-order valence-electron chi connectivity index (χ0n) is 10.7. The Morgan fingerprint density at radius 1 is 1.35 bits per heavy atom. The number of nitrogens with two attached hydrogens (primary N) is 1. The molecule has 1 aliphatic rings. The molecule has 2 N–H and O–H groups in total. The molecule has 17 heavy (non-hydrogen) atoms. The van der Waals surface area contributed by atoms with Gasteiger partial charge in [-0.25, -0.2) is 0 Å². The zero-order chi connectivity index (χ0) is 12.2. The third kappa shape index (κ3) is 1.57. The van der Waals surface area contributed by atoms with Crippen LogP contribution in [0.1, 0.15) is 44.0 Å². The lowest BCUT2D eigenvalue weighted by molar-refractivity contribution is 0.524. The topological polar surface area (TPSA) is 43.8 Å². The maximum absolute atomic E-state index is 6.25. The SMILES string of the molecule is Cc1c2cc(C3(N)CC3)ccc2nn1C(C)C. The van der Waals surface area contributed by atoms with Crippen LogP contribution in [-0.2, 0) is 5.54 Å². The molecule has 2 aromatic rings. The van der Waals surface area contributed by atoms with Gasteiger partial charge in [0.25, 0.3) is 0 Å². The van der Waals surface area contributed by atoms with Crippen LogP contribution >= 0.6 is 0 Å². The van der Waals surface area contributed by atoms with Crippen molar-refractivity contribution in [3.63, 3.8) is 0 Å². The summed E-state index contributed by atoms with van der Waals surface area (Å²) in [6, 6.07) is 6.86. The van der Waals surface area contributed by atoms with E-state index in [0.717, 1.165) is 18.4 Å². The Bertz CT molecular complexity index is 576. The Labute approximate surface area is 102 Å². The van der Waals surface area contributed by atoms with Crippen molar-refractivity contribution in [3.8, 4) is 0 Å². The molecule has 0 radical (unpaired) electrons. The van der Waals surface area contributed by atoms with E-state index in [0.29, 0.717) is 6.04 Å². The normalized spacial score (nSPS) is 17.9. The van der Waals surface area contributed by atoms with Crippen LogP contribution in [0.15, 0.2) is 18.2 Å². The molecule has 1 fully saturated rings. The minimum Gasteiger partial charge on any atom is -0.321 e. The van der Waals surface area contributed by atoms with Gasteiger partial charge in [0.1, 0.15) is 0 Å². The summed E-state index contributed by atoms with van der Waals surface area (Å²) in [4.78, 5) is 0. The summed E-state index contributed by atoms with van der Waals surface area (Å²) in [5, 5.41) is 5.87. The summed E-state index contributed by atoms with van der Waals surface area (Å²) in [6.45, 7) is 6.45. The van der Waals surface area contributed by atoms with E-state index >= 15 is 0 Å². The molecular formula is C14H19N3. The molecule has 1 aromatic heterocycles. The van der Waals surface area contributed by atoms with Gasteiger partial charge in [0.2, 0.25) is 0 Å². The fourth-order valence-corrected chi connectivity index (χ4v) is 2.46. The molecule has 0 amide bonds. The Hall–Kier alpha value is -1.35. The lowest BCUT2D eigenvalue weighted by Gasteiger charge is -2.09. The van der Waals surface area contributed by atoms with Crippen molar-refractivity contribution < 1.29 is 0 Å². The molecule has 0 saturated heterocycles. The summed E-state index contributed by atoms with van der Waals surface area (Å²) in [5.74, 6) is 0. The molecule has 0 atom stereocenters. The summed E-state index contributed by atoms with van der Waals surface area (Å²) in [5.41, 5.74) is 9.76. The third-order valence-electron chi connectivity index (χ3n) is 3.80. The van der Waals surface area contributed by atoms with Crippen LogP contribution in [0.4, 0.5) is 0 Å². The van der Waals surface area contributed by atoms with E-state index in [2.05, 4.69) is 48.8 Å². The van der Waals surface area contributed by atoms with E-state index in [1.54, 1.807) is 0 Å². The van der Waals surface area contributed by atoms with Crippen LogP contribution in [0, 0.1) is 6.92 Å². The molecule has 1 aliphatic carbocycles. The summed E-state index contributed by atoms with van der Waals surface area (Å²) >= 11 is 0. The smallest absolute Gasteiger partial charge is 0.0926 e. The van der Waals surface area contributed by atoms with Crippen molar-refractivity contribution in [2.24, 2.45) is 5.73 Å². The third-order valence-corrected chi connectivity index (χ3v) is 3.80. The number of fused-ring (bicyclic) bond motifs is 1. The first kappa shape index (κ1) is 10.8. The monoisotopic (exact) mass is 229 g/mol. The maximum atomic E-state index is 6.25. The Balaban J connectivity index is 2.18. The highest BCUT2D eigenvalue weighted by atomic mass is 15.3. The number of rotatable bonds is 2. The van der Waals surface area contributed by atoms with Crippen molar-refractivity contribution in [2.45, 2.75) is 45.2 Å². The first-order valence-electron chi connectivity index (χ1n) is 6.29. The molecule has 3 heteroatoms. The van der Waals surface area contributed by atoms with Gasteiger partial charge in [-0.3, -0.25) is 4.68 Å². The van der Waals surface area contributed by atoms with Gasteiger partial charge in [-0.15, -0.1) is 0 Å². The first-order valence-corrected chi connectivity index (χ1v) is 6.29. The van der Waals surface area contributed by atoms with Gasteiger partial charge >= 0.3 is 0 Å². The second-order valence-corrected chi connectivity index (χ2v) is 5.51. The fourth-order valence-electron chi connectivity index (χ4n) is 2.46. The molecule has 0 aliphatic heterocycles. The molecule has 1 saturated carbocycles. The number of hydrogen-bond acceptors (Lipinski definition) is 2. The van der Waals surface area contributed by atoms with Gasteiger partial charge in [0.05, 0.1) is 5.52 Å². The fraction of sp³-hybridized carbons (Fsp3) is 0.500. The van der Waals surface area contributed by atoms with Crippen molar-refractivity contribution in [1.82, 2.24) is 9.78 Å². The number of aryl methyl sites for hydroxylation is 1. The first-order chi connectivity index (χ1) is 8.01. The Kier molecular flexibility index (Phi) is 2.11. The second kappa shape index (κ2) is 3.33. The maximum Gasteiger partial charge on any atom is 0.0926 e. The summed E-state index contributed by atoms with van der Waals surface area (Å²) < 4.78 is 2.09. The van der Waals surface area contributed by atoms with Gasteiger partial charge in [-0.1, -0.05) is 6.07 Å². The van der Waals surface area contributed by atoms with Crippen molar-refractivity contribution in [3.05, 3.63) is 29.5 Å². The second-order valence-electron chi connectivity index (χ2n) is 5.51. The van der Waals surface area contributed by atoms with Crippen LogP contribution < -0.4 is 5.73 Å². The summed E-state index contributed by atoms with van der Waals surface area (Å²) in [6.07, 6.45) is 2.21. The minimum atomic E-state index is -0.0550. The van der Waals surface area contributed by atoms with Crippen LogP contribution in [0.3, 0.4) is 0 Å². The molecule has 0 unspecified atom stereocenters. The molecule has 1 heterocycles. The number of benzene rings is 1. The van der Waals surface area contributed by atoms with Gasteiger partial charge in [0, 0.05) is 22.7 Å². The molecule has 0 bridgehead atoms. The number of hydrogen-bond donors (Lipinski definition) is 1. The van der Waals surface area contributed by atoms with Gasteiger partial charge in [-0.2, -0.15) is 5.10 Å². The molecular weight excluding hydrogens is 210 g/mol. The molecule has 0 spiro atoms. The quantitative estimate of drug-likeness (QED) is 0.860. The van der Waals surface area contributed by atoms with Crippen LogP contribution in [-0.4, -0.2) is 9.78 Å². The Morgan fingerprint density at radius 2 is 2.06 bits per heavy atom. The summed E-state index contributed by atoms with van der Waals surface area (Å²) in [7, 11) is 0. The lowest BCUT2D eigenvalue weighted by atomic mass is 10.0. The standard InChI is InChI=1S/C14H19N3/c1-9(2)17-10(3)12-8-11(14(15)6-7-14)4-5-13(12)16-17/h4-5,8-9H,6-7,15H2,1-3H3. The number of aromatic nitrogens is 2. The average molecular weight is 229 g/mol. The highest BCUT2D eigenvalue weighted by Gasteiger charge is 2.40. The predicted octanol–water partition coefficient (Wildman–Crippen LogP) is 2.87. The van der Waals surface area contributed by atoms with Crippen LogP contribution in [0.25, 0.3) is 10.9 Å².